The average molecular weight is 385 g/mol. The smallest absolute Gasteiger partial charge is 0.161 e. The largest absolute Gasteiger partial charge is 0.372 e. The van der Waals surface area contributed by atoms with Gasteiger partial charge in [-0.15, -0.1) is 0 Å². The number of halogens is 2. The van der Waals surface area contributed by atoms with Crippen LogP contribution in [0.1, 0.15) is 31.0 Å². The van der Waals surface area contributed by atoms with Crippen LogP contribution in [0.4, 0.5) is 10.2 Å². The molecule has 0 unspecified atom stereocenters. The minimum absolute atomic E-state index is 0.234. The normalized spacial score (nSPS) is 10.9. The summed E-state index contributed by atoms with van der Waals surface area (Å²) in [5.74, 6) is 1.38. The Morgan fingerprint density at radius 3 is 2.50 bits per heavy atom. The van der Waals surface area contributed by atoms with Crippen LogP contribution in [0.3, 0.4) is 0 Å². The number of rotatable bonds is 3. The summed E-state index contributed by atoms with van der Waals surface area (Å²) in [7, 11) is 1.83. The molecule has 0 amide bonds. The highest BCUT2D eigenvalue weighted by molar-refractivity contribution is 14.1. The van der Waals surface area contributed by atoms with Crippen molar-refractivity contribution in [3.8, 4) is 11.4 Å². The van der Waals surface area contributed by atoms with Crippen LogP contribution in [0.5, 0.6) is 0 Å². The summed E-state index contributed by atoms with van der Waals surface area (Å²) in [6.07, 6.45) is 0. The highest BCUT2D eigenvalue weighted by Gasteiger charge is 2.15. The summed E-state index contributed by atoms with van der Waals surface area (Å²) >= 11 is 2.24. The zero-order valence-electron chi connectivity index (χ0n) is 12.0. The molecule has 2 rings (SSSR count). The van der Waals surface area contributed by atoms with E-state index in [4.69, 9.17) is 0 Å². The summed E-state index contributed by atoms with van der Waals surface area (Å²) in [6, 6.07) is 5.09. The van der Waals surface area contributed by atoms with Crippen LogP contribution < -0.4 is 5.32 Å². The molecular formula is C15H17FIN3. The topological polar surface area (TPSA) is 37.8 Å². The standard InChI is InChI=1S/C15H17FIN3/c1-8(2)13-12(17)15(18-4)20-14(19-13)10-6-5-9(3)11(16)7-10/h5-8H,1-4H3,(H,18,19,20). The Balaban J connectivity index is 2.61. The van der Waals surface area contributed by atoms with Gasteiger partial charge in [-0.25, -0.2) is 14.4 Å². The summed E-state index contributed by atoms with van der Waals surface area (Å²) in [6.45, 7) is 5.92. The molecule has 0 aliphatic carbocycles. The molecule has 0 saturated carbocycles. The van der Waals surface area contributed by atoms with E-state index in [9.17, 15) is 4.39 Å². The summed E-state index contributed by atoms with van der Waals surface area (Å²) in [5, 5.41) is 3.07. The molecule has 3 nitrogen and oxygen atoms in total. The van der Waals surface area contributed by atoms with E-state index in [-0.39, 0.29) is 11.7 Å². The second kappa shape index (κ2) is 6.03. The third kappa shape index (κ3) is 2.92. The summed E-state index contributed by atoms with van der Waals surface area (Å²) < 4.78 is 14.7. The van der Waals surface area contributed by atoms with Gasteiger partial charge in [0.25, 0.3) is 0 Å². The Morgan fingerprint density at radius 1 is 1.25 bits per heavy atom. The minimum Gasteiger partial charge on any atom is -0.372 e. The lowest BCUT2D eigenvalue weighted by atomic mass is 10.1. The molecule has 1 aromatic carbocycles. The lowest BCUT2D eigenvalue weighted by Gasteiger charge is -2.13. The fourth-order valence-electron chi connectivity index (χ4n) is 1.87. The zero-order chi connectivity index (χ0) is 14.9. The molecule has 0 atom stereocenters. The lowest BCUT2D eigenvalue weighted by Crippen LogP contribution is -2.06. The Bertz CT molecular complexity index is 641. The van der Waals surface area contributed by atoms with Crippen molar-refractivity contribution in [1.29, 1.82) is 0 Å². The van der Waals surface area contributed by atoms with E-state index in [1.54, 1.807) is 13.0 Å². The molecule has 0 spiro atoms. The molecule has 5 heteroatoms. The number of hydrogen-bond acceptors (Lipinski definition) is 3. The Labute approximate surface area is 132 Å². The van der Waals surface area contributed by atoms with Crippen LogP contribution in [-0.4, -0.2) is 17.0 Å². The van der Waals surface area contributed by atoms with Gasteiger partial charge in [0.2, 0.25) is 0 Å². The van der Waals surface area contributed by atoms with Gasteiger partial charge in [0.1, 0.15) is 11.6 Å². The van der Waals surface area contributed by atoms with Gasteiger partial charge < -0.3 is 5.32 Å². The van der Waals surface area contributed by atoms with Gasteiger partial charge in [0, 0.05) is 12.6 Å². The molecule has 0 fully saturated rings. The first-order valence-electron chi connectivity index (χ1n) is 6.45. The third-order valence-electron chi connectivity index (χ3n) is 3.09. The Hall–Kier alpha value is -1.24. The fourth-order valence-corrected chi connectivity index (χ4v) is 3.01. The van der Waals surface area contributed by atoms with Crippen molar-refractivity contribution in [1.82, 2.24) is 9.97 Å². The number of hydrogen-bond donors (Lipinski definition) is 1. The van der Waals surface area contributed by atoms with Crippen molar-refractivity contribution in [2.75, 3.05) is 12.4 Å². The number of benzene rings is 1. The van der Waals surface area contributed by atoms with Gasteiger partial charge in [-0.3, -0.25) is 0 Å². The van der Waals surface area contributed by atoms with Crippen molar-refractivity contribution in [3.05, 3.63) is 38.8 Å². The lowest BCUT2D eigenvalue weighted by molar-refractivity contribution is 0.619. The van der Waals surface area contributed by atoms with E-state index >= 15 is 0 Å². The van der Waals surface area contributed by atoms with Crippen LogP contribution in [0.15, 0.2) is 18.2 Å². The molecule has 0 radical (unpaired) electrons. The Morgan fingerprint density at radius 2 is 1.95 bits per heavy atom. The highest BCUT2D eigenvalue weighted by Crippen LogP contribution is 2.28. The second-order valence-corrected chi connectivity index (χ2v) is 6.04. The van der Waals surface area contributed by atoms with Crippen molar-refractivity contribution in [3.63, 3.8) is 0 Å². The van der Waals surface area contributed by atoms with E-state index in [2.05, 4.69) is 51.7 Å². The van der Waals surface area contributed by atoms with Gasteiger partial charge >= 0.3 is 0 Å². The molecular weight excluding hydrogens is 368 g/mol. The van der Waals surface area contributed by atoms with Crippen LogP contribution in [-0.2, 0) is 0 Å². The van der Waals surface area contributed by atoms with Crippen LogP contribution in [0.25, 0.3) is 11.4 Å². The van der Waals surface area contributed by atoms with E-state index in [1.807, 2.05) is 13.1 Å². The van der Waals surface area contributed by atoms with Crippen LogP contribution in [0.2, 0.25) is 0 Å². The van der Waals surface area contributed by atoms with E-state index < -0.39 is 0 Å². The quantitative estimate of drug-likeness (QED) is 0.798. The van der Waals surface area contributed by atoms with Crippen molar-refractivity contribution < 1.29 is 4.39 Å². The van der Waals surface area contributed by atoms with E-state index in [0.717, 1.165) is 15.1 Å². The molecule has 1 heterocycles. The zero-order valence-corrected chi connectivity index (χ0v) is 14.1. The van der Waals surface area contributed by atoms with E-state index in [1.165, 1.54) is 6.07 Å². The van der Waals surface area contributed by atoms with Gasteiger partial charge in [0.05, 0.1) is 9.26 Å². The average Bonchev–Trinajstić information content (AvgIpc) is 2.42. The maximum atomic E-state index is 13.7. The minimum atomic E-state index is -0.234. The fraction of sp³-hybridized carbons (Fsp3) is 0.333. The Kier molecular flexibility index (Phi) is 4.57. The molecule has 0 bridgehead atoms. The maximum Gasteiger partial charge on any atom is 0.161 e. The maximum absolute atomic E-state index is 13.7. The molecule has 20 heavy (non-hydrogen) atoms. The van der Waals surface area contributed by atoms with Crippen molar-refractivity contribution in [2.24, 2.45) is 0 Å². The second-order valence-electron chi connectivity index (χ2n) is 4.96. The monoisotopic (exact) mass is 385 g/mol. The number of nitrogens with one attached hydrogen (secondary N) is 1. The molecule has 106 valence electrons. The molecule has 0 saturated heterocycles. The van der Waals surface area contributed by atoms with Crippen molar-refractivity contribution >= 4 is 28.4 Å². The van der Waals surface area contributed by atoms with Crippen LogP contribution >= 0.6 is 22.6 Å². The van der Waals surface area contributed by atoms with Gasteiger partial charge in [0.15, 0.2) is 5.82 Å². The van der Waals surface area contributed by atoms with Crippen molar-refractivity contribution in [2.45, 2.75) is 26.7 Å². The third-order valence-corrected chi connectivity index (χ3v) is 4.15. The predicted octanol–water partition coefficient (Wildman–Crippen LogP) is 4.36. The molecule has 0 aliphatic heterocycles. The first-order chi connectivity index (χ1) is 9.43. The number of aromatic nitrogens is 2. The van der Waals surface area contributed by atoms with E-state index in [0.29, 0.717) is 17.0 Å². The number of aryl methyl sites for hydroxylation is 1. The van der Waals surface area contributed by atoms with Gasteiger partial charge in [-0.1, -0.05) is 26.0 Å². The van der Waals surface area contributed by atoms with Crippen LogP contribution in [0, 0.1) is 16.3 Å². The number of anilines is 1. The summed E-state index contributed by atoms with van der Waals surface area (Å²) in [5.41, 5.74) is 2.29. The van der Waals surface area contributed by atoms with Gasteiger partial charge in [-0.2, -0.15) is 0 Å². The SMILES string of the molecule is CNc1nc(-c2ccc(C)c(F)c2)nc(C(C)C)c1I. The predicted molar refractivity (Wildman–Crippen MR) is 88.5 cm³/mol. The summed E-state index contributed by atoms with van der Waals surface area (Å²) in [4.78, 5) is 9.07. The molecule has 1 N–H and O–H groups in total. The molecule has 0 aliphatic rings. The first-order valence-corrected chi connectivity index (χ1v) is 7.53. The molecule has 1 aromatic heterocycles. The van der Waals surface area contributed by atoms with Gasteiger partial charge in [-0.05, 0) is 47.1 Å². The number of nitrogens with zero attached hydrogens (tertiary/aromatic N) is 2. The first kappa shape index (κ1) is 15.2. The highest BCUT2D eigenvalue weighted by atomic mass is 127. The molecule has 2 aromatic rings.